The Hall–Kier alpha value is -1.65. The van der Waals surface area contributed by atoms with E-state index in [-0.39, 0.29) is 11.4 Å². The van der Waals surface area contributed by atoms with Crippen molar-refractivity contribution in [2.45, 2.75) is 33.2 Å². The lowest BCUT2D eigenvalue weighted by Crippen LogP contribution is -2.19. The van der Waals surface area contributed by atoms with Crippen LogP contribution in [0.1, 0.15) is 25.3 Å². The normalized spacial score (nSPS) is 11.2. The van der Waals surface area contributed by atoms with E-state index in [9.17, 15) is 9.90 Å². The van der Waals surface area contributed by atoms with Gasteiger partial charge in [0.05, 0.1) is 0 Å². The molecule has 1 aromatic rings. The third kappa shape index (κ3) is 2.48. The second-order valence-corrected chi connectivity index (χ2v) is 3.64. The minimum Gasteiger partial charge on any atom is -0.493 e. The Morgan fingerprint density at radius 2 is 2.19 bits per heavy atom. The Balaban J connectivity index is 3.27. The minimum atomic E-state index is -0.196. The lowest BCUT2D eigenvalue weighted by molar-refractivity contribution is 0.402. The summed E-state index contributed by atoms with van der Waals surface area (Å²) in [4.78, 5) is 11.7. The largest absolute Gasteiger partial charge is 0.493 e. The number of aromatic nitrogens is 1. The molecule has 0 aliphatic heterocycles. The highest BCUT2D eigenvalue weighted by atomic mass is 16.3. The molecule has 0 atom stereocenters. The number of aryl methyl sites for hydroxylation is 1. The van der Waals surface area contributed by atoms with E-state index >= 15 is 0 Å². The Labute approximate surface area is 94.5 Å². The Morgan fingerprint density at radius 3 is 2.75 bits per heavy atom. The smallest absolute Gasteiger partial charge is 0.253 e. The van der Waals surface area contributed by atoms with Crippen molar-refractivity contribution in [1.29, 1.82) is 0 Å². The molecule has 88 valence electrons. The first-order valence-corrected chi connectivity index (χ1v) is 5.35. The maximum atomic E-state index is 11.7. The highest BCUT2D eigenvalue weighted by Crippen LogP contribution is 2.28. The van der Waals surface area contributed by atoms with Gasteiger partial charge in [0, 0.05) is 19.7 Å². The number of azo groups is 1. The van der Waals surface area contributed by atoms with Crippen LogP contribution in [0, 0.1) is 6.92 Å². The van der Waals surface area contributed by atoms with Crippen molar-refractivity contribution < 1.29 is 5.11 Å². The maximum Gasteiger partial charge on any atom is 0.253 e. The first kappa shape index (κ1) is 12.4. The predicted molar refractivity (Wildman–Crippen MR) is 62.5 cm³/mol. The van der Waals surface area contributed by atoms with E-state index < -0.39 is 0 Å². The van der Waals surface area contributed by atoms with Crippen LogP contribution in [0.4, 0.5) is 5.69 Å². The van der Waals surface area contributed by atoms with Gasteiger partial charge in [-0.2, -0.15) is 10.2 Å². The van der Waals surface area contributed by atoms with Gasteiger partial charge in [-0.3, -0.25) is 9.36 Å². The zero-order valence-electron chi connectivity index (χ0n) is 9.90. The van der Waals surface area contributed by atoms with Crippen LogP contribution in [0.15, 0.2) is 21.1 Å². The van der Waals surface area contributed by atoms with Gasteiger partial charge >= 0.3 is 0 Å². The fraction of sp³-hybridized carbons (Fsp3) is 0.545. The molecule has 16 heavy (non-hydrogen) atoms. The van der Waals surface area contributed by atoms with Crippen LogP contribution in [-0.2, 0) is 6.54 Å². The Morgan fingerprint density at radius 1 is 1.50 bits per heavy atom. The first-order valence-electron chi connectivity index (χ1n) is 5.35. The van der Waals surface area contributed by atoms with Crippen molar-refractivity contribution in [2.75, 3.05) is 7.05 Å². The number of nitrogens with zero attached hydrogens (tertiary/aromatic N) is 3. The molecule has 0 aromatic carbocycles. The molecular weight excluding hydrogens is 206 g/mol. The van der Waals surface area contributed by atoms with Gasteiger partial charge in [0.15, 0.2) is 0 Å². The molecule has 1 heterocycles. The van der Waals surface area contributed by atoms with E-state index in [0.717, 1.165) is 12.8 Å². The molecule has 1 aromatic heterocycles. The standard InChI is InChI=1S/C11H17N3O2/c1-4-5-6-14-9(15)7-8(2)10(11(14)16)13-12-3/h7,16H,4-6H2,1-3H3. The summed E-state index contributed by atoms with van der Waals surface area (Å²) < 4.78 is 1.33. The summed E-state index contributed by atoms with van der Waals surface area (Å²) in [7, 11) is 1.53. The summed E-state index contributed by atoms with van der Waals surface area (Å²) in [5.41, 5.74) is 0.817. The van der Waals surface area contributed by atoms with Gasteiger partial charge in [-0.1, -0.05) is 13.3 Å². The summed E-state index contributed by atoms with van der Waals surface area (Å²) in [5, 5.41) is 17.4. The topological polar surface area (TPSA) is 66.9 Å². The molecule has 0 radical (unpaired) electrons. The minimum absolute atomic E-state index is 0.0935. The molecule has 0 aliphatic carbocycles. The van der Waals surface area contributed by atoms with Gasteiger partial charge in [-0.05, 0) is 18.9 Å². The Bertz CT molecular complexity index is 449. The van der Waals surface area contributed by atoms with E-state index in [1.165, 1.54) is 17.7 Å². The van der Waals surface area contributed by atoms with Crippen molar-refractivity contribution in [3.63, 3.8) is 0 Å². The SMILES string of the molecule is CCCCn1c(O)c(N=NC)c(C)cc1=O. The lowest BCUT2D eigenvalue weighted by atomic mass is 10.2. The second-order valence-electron chi connectivity index (χ2n) is 3.64. The van der Waals surface area contributed by atoms with Crippen LogP contribution in [-0.4, -0.2) is 16.7 Å². The van der Waals surface area contributed by atoms with Crippen LogP contribution in [0.3, 0.4) is 0 Å². The summed E-state index contributed by atoms with van der Waals surface area (Å²) in [5.74, 6) is -0.0935. The van der Waals surface area contributed by atoms with E-state index in [4.69, 9.17) is 0 Å². The molecule has 0 aliphatic rings. The Kier molecular flexibility index (Phi) is 4.22. The van der Waals surface area contributed by atoms with Crippen molar-refractivity contribution >= 4 is 5.69 Å². The number of hydrogen-bond acceptors (Lipinski definition) is 4. The zero-order valence-corrected chi connectivity index (χ0v) is 9.90. The summed E-state index contributed by atoms with van der Waals surface area (Å²) in [6.45, 7) is 4.27. The average Bonchev–Trinajstić information content (AvgIpc) is 2.24. The molecule has 0 bridgehead atoms. The van der Waals surface area contributed by atoms with E-state index in [1.54, 1.807) is 6.92 Å². The number of hydrogen-bond donors (Lipinski definition) is 1. The monoisotopic (exact) mass is 223 g/mol. The third-order valence-corrected chi connectivity index (χ3v) is 2.38. The van der Waals surface area contributed by atoms with Crippen molar-refractivity contribution in [1.82, 2.24) is 4.57 Å². The molecule has 0 spiro atoms. The van der Waals surface area contributed by atoms with E-state index in [1.807, 2.05) is 6.92 Å². The van der Waals surface area contributed by atoms with Gasteiger partial charge in [0.1, 0.15) is 5.69 Å². The number of rotatable bonds is 4. The second kappa shape index (κ2) is 5.44. The van der Waals surface area contributed by atoms with Gasteiger partial charge in [-0.15, -0.1) is 0 Å². The van der Waals surface area contributed by atoms with Crippen LogP contribution in [0.25, 0.3) is 0 Å². The highest BCUT2D eigenvalue weighted by molar-refractivity contribution is 5.52. The maximum absolute atomic E-state index is 11.7. The van der Waals surface area contributed by atoms with Gasteiger partial charge < -0.3 is 5.11 Å². The fourth-order valence-corrected chi connectivity index (χ4v) is 1.50. The average molecular weight is 223 g/mol. The van der Waals surface area contributed by atoms with Crippen LogP contribution >= 0.6 is 0 Å². The van der Waals surface area contributed by atoms with Gasteiger partial charge in [0.2, 0.25) is 5.88 Å². The van der Waals surface area contributed by atoms with Crippen LogP contribution < -0.4 is 5.56 Å². The predicted octanol–water partition coefficient (Wildman–Crippen LogP) is 2.38. The van der Waals surface area contributed by atoms with Crippen molar-refractivity contribution in [3.8, 4) is 5.88 Å². The molecule has 1 rings (SSSR count). The highest BCUT2D eigenvalue weighted by Gasteiger charge is 2.11. The zero-order chi connectivity index (χ0) is 12.1. The quantitative estimate of drug-likeness (QED) is 0.796. The van der Waals surface area contributed by atoms with Crippen LogP contribution in [0.5, 0.6) is 5.88 Å². The molecule has 1 N–H and O–H groups in total. The molecule has 0 unspecified atom stereocenters. The molecular formula is C11H17N3O2. The fourth-order valence-electron chi connectivity index (χ4n) is 1.50. The lowest BCUT2D eigenvalue weighted by Gasteiger charge is -2.10. The third-order valence-electron chi connectivity index (χ3n) is 2.38. The van der Waals surface area contributed by atoms with E-state index in [2.05, 4.69) is 10.2 Å². The summed E-state index contributed by atoms with van der Waals surface area (Å²) >= 11 is 0. The molecule has 5 heteroatoms. The van der Waals surface area contributed by atoms with Crippen molar-refractivity contribution in [2.24, 2.45) is 10.2 Å². The number of unbranched alkanes of at least 4 members (excludes halogenated alkanes) is 1. The number of aromatic hydroxyl groups is 1. The molecule has 0 saturated carbocycles. The molecule has 0 amide bonds. The van der Waals surface area contributed by atoms with Crippen molar-refractivity contribution in [3.05, 3.63) is 22.0 Å². The summed E-state index contributed by atoms with van der Waals surface area (Å²) in [6.07, 6.45) is 1.81. The number of pyridine rings is 1. The summed E-state index contributed by atoms with van der Waals surface area (Å²) in [6, 6.07) is 1.47. The van der Waals surface area contributed by atoms with E-state index in [0.29, 0.717) is 17.8 Å². The molecule has 0 saturated heterocycles. The van der Waals surface area contributed by atoms with Gasteiger partial charge in [-0.25, -0.2) is 0 Å². The molecule has 0 fully saturated rings. The molecule has 5 nitrogen and oxygen atoms in total. The first-order chi connectivity index (χ1) is 7.61. The van der Waals surface area contributed by atoms with Crippen LogP contribution in [0.2, 0.25) is 0 Å². The van der Waals surface area contributed by atoms with Gasteiger partial charge in [0.25, 0.3) is 5.56 Å².